The van der Waals surface area contributed by atoms with Crippen LogP contribution in [0.15, 0.2) is 18.2 Å². The van der Waals surface area contributed by atoms with E-state index in [9.17, 15) is 4.79 Å². The van der Waals surface area contributed by atoms with Crippen LogP contribution >= 0.6 is 12.4 Å². The number of nitrogens with one attached hydrogen (secondary N) is 1. The normalized spacial score (nSPS) is 12.8. The maximum absolute atomic E-state index is 12.0. The minimum absolute atomic E-state index is 0. The molecule has 1 atom stereocenters. The smallest absolute Gasteiger partial charge is 0.240 e. The molecule has 6 heteroatoms. The summed E-state index contributed by atoms with van der Waals surface area (Å²) in [7, 11) is 3.19. The fraction of sp³-hybridized carbons (Fsp3) is 0.533. The number of hydrogen-bond donors (Lipinski definition) is 2. The summed E-state index contributed by atoms with van der Waals surface area (Å²) in [6.07, 6.45) is 1.52. The molecular formula is C15H25ClN2O3. The molecule has 0 bridgehead atoms. The Morgan fingerprint density at radius 1 is 1.33 bits per heavy atom. The van der Waals surface area contributed by atoms with Crippen LogP contribution in [0.5, 0.6) is 11.5 Å². The van der Waals surface area contributed by atoms with Gasteiger partial charge < -0.3 is 20.5 Å². The van der Waals surface area contributed by atoms with Gasteiger partial charge in [0.15, 0.2) is 0 Å². The summed E-state index contributed by atoms with van der Waals surface area (Å²) in [6.45, 7) is 4.13. The van der Waals surface area contributed by atoms with E-state index < -0.39 is 5.54 Å². The molecule has 0 aliphatic rings. The molecule has 0 aliphatic carbocycles. The van der Waals surface area contributed by atoms with Crippen LogP contribution in [0, 0.1) is 0 Å². The highest BCUT2D eigenvalue weighted by Crippen LogP contribution is 2.24. The predicted octanol–water partition coefficient (Wildman–Crippen LogP) is 2.26. The van der Waals surface area contributed by atoms with Crippen LogP contribution < -0.4 is 20.5 Å². The van der Waals surface area contributed by atoms with Gasteiger partial charge in [-0.15, -0.1) is 12.4 Å². The van der Waals surface area contributed by atoms with E-state index in [4.69, 9.17) is 15.2 Å². The lowest BCUT2D eigenvalue weighted by molar-refractivity contribution is -0.126. The number of benzene rings is 1. The van der Waals surface area contributed by atoms with E-state index in [1.165, 1.54) is 0 Å². The molecule has 0 radical (unpaired) electrons. The van der Waals surface area contributed by atoms with E-state index in [0.29, 0.717) is 24.5 Å². The van der Waals surface area contributed by atoms with Gasteiger partial charge in [0.05, 0.1) is 19.8 Å². The Bertz CT molecular complexity index is 464. The van der Waals surface area contributed by atoms with Crippen molar-refractivity contribution in [3.05, 3.63) is 23.8 Å². The molecule has 0 spiro atoms. The number of halogens is 1. The Labute approximate surface area is 132 Å². The summed E-state index contributed by atoms with van der Waals surface area (Å²) in [5, 5.41) is 2.85. The van der Waals surface area contributed by atoms with E-state index >= 15 is 0 Å². The van der Waals surface area contributed by atoms with Crippen molar-refractivity contribution in [2.24, 2.45) is 5.73 Å². The zero-order valence-corrected chi connectivity index (χ0v) is 13.9. The molecule has 120 valence electrons. The van der Waals surface area contributed by atoms with Gasteiger partial charge in [-0.1, -0.05) is 13.3 Å². The van der Waals surface area contributed by atoms with Crippen molar-refractivity contribution in [2.45, 2.75) is 38.8 Å². The molecule has 1 aromatic carbocycles. The number of hydrogen-bond acceptors (Lipinski definition) is 4. The zero-order chi connectivity index (χ0) is 15.2. The molecule has 0 aromatic heterocycles. The summed E-state index contributed by atoms with van der Waals surface area (Å²) in [4.78, 5) is 12.0. The van der Waals surface area contributed by atoms with Gasteiger partial charge in [-0.2, -0.15) is 0 Å². The third-order valence-electron chi connectivity index (χ3n) is 3.22. The summed E-state index contributed by atoms with van der Waals surface area (Å²) < 4.78 is 10.4. The average molecular weight is 317 g/mol. The van der Waals surface area contributed by atoms with Crippen molar-refractivity contribution in [3.63, 3.8) is 0 Å². The fourth-order valence-electron chi connectivity index (χ4n) is 2.01. The number of rotatable bonds is 7. The van der Waals surface area contributed by atoms with Crippen molar-refractivity contribution in [2.75, 3.05) is 14.2 Å². The van der Waals surface area contributed by atoms with Gasteiger partial charge in [-0.3, -0.25) is 4.79 Å². The van der Waals surface area contributed by atoms with Gasteiger partial charge in [-0.25, -0.2) is 0 Å². The van der Waals surface area contributed by atoms with Gasteiger partial charge in [-0.05, 0) is 25.5 Å². The Morgan fingerprint density at radius 2 is 2.00 bits per heavy atom. The minimum atomic E-state index is -0.839. The molecular weight excluding hydrogens is 292 g/mol. The molecule has 3 N–H and O–H groups in total. The van der Waals surface area contributed by atoms with Gasteiger partial charge in [0.2, 0.25) is 5.91 Å². The molecule has 0 aliphatic heterocycles. The lowest BCUT2D eigenvalue weighted by Gasteiger charge is -2.23. The second-order valence-corrected chi connectivity index (χ2v) is 5.03. The van der Waals surface area contributed by atoms with Crippen LogP contribution in [0.4, 0.5) is 0 Å². The number of nitrogens with two attached hydrogens (primary N) is 1. The predicted molar refractivity (Wildman–Crippen MR) is 86.1 cm³/mol. The van der Waals surface area contributed by atoms with Crippen molar-refractivity contribution in [1.82, 2.24) is 5.32 Å². The van der Waals surface area contributed by atoms with E-state index in [2.05, 4.69) is 5.32 Å². The first-order chi connectivity index (χ1) is 9.44. The average Bonchev–Trinajstić information content (AvgIpc) is 2.44. The highest BCUT2D eigenvalue weighted by Gasteiger charge is 2.26. The second kappa shape index (κ2) is 8.74. The molecule has 1 amide bonds. The number of carbonyl (C=O) groups is 1. The van der Waals surface area contributed by atoms with Gasteiger partial charge >= 0.3 is 0 Å². The van der Waals surface area contributed by atoms with Crippen LogP contribution in [0.2, 0.25) is 0 Å². The zero-order valence-electron chi connectivity index (χ0n) is 13.1. The van der Waals surface area contributed by atoms with Gasteiger partial charge in [0, 0.05) is 18.2 Å². The number of carbonyl (C=O) groups excluding carboxylic acids is 1. The molecule has 0 heterocycles. The quantitative estimate of drug-likeness (QED) is 0.809. The molecule has 0 saturated carbocycles. The highest BCUT2D eigenvalue weighted by molar-refractivity contribution is 5.85. The molecule has 5 nitrogen and oxygen atoms in total. The Hall–Kier alpha value is -1.46. The van der Waals surface area contributed by atoms with Crippen LogP contribution in [0.3, 0.4) is 0 Å². The van der Waals surface area contributed by atoms with E-state index in [0.717, 1.165) is 12.0 Å². The first-order valence-corrected chi connectivity index (χ1v) is 6.72. The standard InChI is InChI=1S/C15H24N2O3.ClH/c1-5-8-15(2,16)14(18)17-10-11-6-7-12(19-3)9-13(11)20-4;/h6-7,9H,5,8,10,16H2,1-4H3,(H,17,18);1H. The highest BCUT2D eigenvalue weighted by atomic mass is 35.5. The fourth-order valence-corrected chi connectivity index (χ4v) is 2.01. The Balaban J connectivity index is 0.00000400. The van der Waals surface area contributed by atoms with Crippen LogP contribution in [0.25, 0.3) is 0 Å². The third-order valence-corrected chi connectivity index (χ3v) is 3.22. The molecule has 1 rings (SSSR count). The Kier molecular flexibility index (Phi) is 8.14. The van der Waals surface area contributed by atoms with Crippen molar-refractivity contribution >= 4 is 18.3 Å². The SMILES string of the molecule is CCCC(C)(N)C(=O)NCc1ccc(OC)cc1OC.Cl. The summed E-state index contributed by atoms with van der Waals surface area (Å²) in [6, 6.07) is 5.48. The van der Waals surface area contributed by atoms with Gasteiger partial charge in [0.1, 0.15) is 11.5 Å². The topological polar surface area (TPSA) is 73.6 Å². The molecule has 0 fully saturated rings. The van der Waals surface area contributed by atoms with Crippen LogP contribution in [-0.2, 0) is 11.3 Å². The summed E-state index contributed by atoms with van der Waals surface area (Å²) in [5.74, 6) is 1.24. The molecule has 1 aromatic rings. The maximum atomic E-state index is 12.0. The first-order valence-electron chi connectivity index (χ1n) is 6.72. The van der Waals surface area contributed by atoms with E-state index in [1.807, 2.05) is 19.1 Å². The summed E-state index contributed by atoms with van der Waals surface area (Å²) >= 11 is 0. The van der Waals surface area contributed by atoms with E-state index in [1.54, 1.807) is 27.2 Å². The molecule has 0 saturated heterocycles. The lowest BCUT2D eigenvalue weighted by Crippen LogP contribution is -2.51. The Morgan fingerprint density at radius 3 is 2.52 bits per heavy atom. The molecule has 21 heavy (non-hydrogen) atoms. The maximum Gasteiger partial charge on any atom is 0.240 e. The number of amides is 1. The number of methoxy groups -OCH3 is 2. The van der Waals surface area contributed by atoms with Crippen LogP contribution in [-0.4, -0.2) is 25.7 Å². The van der Waals surface area contributed by atoms with Crippen molar-refractivity contribution in [1.29, 1.82) is 0 Å². The van der Waals surface area contributed by atoms with Gasteiger partial charge in [0.25, 0.3) is 0 Å². The largest absolute Gasteiger partial charge is 0.497 e. The lowest BCUT2D eigenvalue weighted by atomic mass is 9.96. The first kappa shape index (κ1) is 19.5. The summed E-state index contributed by atoms with van der Waals surface area (Å²) in [5.41, 5.74) is 6.03. The molecule has 1 unspecified atom stereocenters. The van der Waals surface area contributed by atoms with Crippen molar-refractivity contribution < 1.29 is 14.3 Å². The van der Waals surface area contributed by atoms with Crippen molar-refractivity contribution in [3.8, 4) is 11.5 Å². The second-order valence-electron chi connectivity index (χ2n) is 5.03. The van der Waals surface area contributed by atoms with E-state index in [-0.39, 0.29) is 18.3 Å². The number of ether oxygens (including phenoxy) is 2. The van der Waals surface area contributed by atoms with Crippen LogP contribution in [0.1, 0.15) is 32.3 Å². The third kappa shape index (κ3) is 5.44. The minimum Gasteiger partial charge on any atom is -0.497 e. The monoisotopic (exact) mass is 316 g/mol.